The Balaban J connectivity index is 2.08. The molecule has 6 nitrogen and oxygen atoms in total. The Morgan fingerprint density at radius 3 is 2.61 bits per heavy atom. The number of rotatable bonds is 4. The zero-order valence-corrected chi connectivity index (χ0v) is 11.0. The SMILES string of the molecule is CCN(C)C(=O)CN1C(=O)NC(C)(C2CC2)C1=O. The summed E-state index contributed by atoms with van der Waals surface area (Å²) in [5.74, 6) is -0.271. The highest BCUT2D eigenvalue weighted by atomic mass is 16.2. The smallest absolute Gasteiger partial charge is 0.325 e. The van der Waals surface area contributed by atoms with Crippen molar-refractivity contribution in [2.45, 2.75) is 32.2 Å². The molecule has 0 spiro atoms. The van der Waals surface area contributed by atoms with Crippen molar-refractivity contribution < 1.29 is 14.4 Å². The van der Waals surface area contributed by atoms with Gasteiger partial charge in [-0.1, -0.05) is 0 Å². The van der Waals surface area contributed by atoms with Crippen molar-refractivity contribution in [1.29, 1.82) is 0 Å². The maximum absolute atomic E-state index is 12.2. The number of carbonyl (C=O) groups is 3. The zero-order chi connectivity index (χ0) is 13.5. The van der Waals surface area contributed by atoms with Crippen LogP contribution in [0.25, 0.3) is 0 Å². The molecule has 4 amide bonds. The number of amides is 4. The van der Waals surface area contributed by atoms with Crippen LogP contribution in [0.1, 0.15) is 26.7 Å². The Morgan fingerprint density at radius 1 is 1.50 bits per heavy atom. The lowest BCUT2D eigenvalue weighted by atomic mass is 9.96. The maximum atomic E-state index is 12.2. The number of nitrogens with one attached hydrogen (secondary N) is 1. The molecule has 2 rings (SSSR count). The highest BCUT2D eigenvalue weighted by Gasteiger charge is 2.56. The topological polar surface area (TPSA) is 69.7 Å². The fourth-order valence-electron chi connectivity index (χ4n) is 2.23. The second kappa shape index (κ2) is 4.26. The number of urea groups is 1. The van der Waals surface area contributed by atoms with Gasteiger partial charge in [0.15, 0.2) is 0 Å². The first-order chi connectivity index (χ1) is 8.40. The van der Waals surface area contributed by atoms with Crippen LogP contribution in [-0.2, 0) is 9.59 Å². The van der Waals surface area contributed by atoms with E-state index in [2.05, 4.69) is 5.32 Å². The molecule has 0 bridgehead atoms. The number of hydrogen-bond donors (Lipinski definition) is 1. The van der Waals surface area contributed by atoms with Crippen molar-refractivity contribution in [3.05, 3.63) is 0 Å². The quantitative estimate of drug-likeness (QED) is 0.727. The molecule has 0 radical (unpaired) electrons. The molecule has 1 atom stereocenters. The summed E-state index contributed by atoms with van der Waals surface area (Å²) in [4.78, 5) is 38.3. The number of hydrogen-bond acceptors (Lipinski definition) is 3. The van der Waals surface area contributed by atoms with E-state index in [0.717, 1.165) is 17.7 Å². The average molecular weight is 253 g/mol. The minimum atomic E-state index is -0.803. The van der Waals surface area contributed by atoms with E-state index in [-0.39, 0.29) is 24.3 Å². The van der Waals surface area contributed by atoms with Crippen molar-refractivity contribution in [2.75, 3.05) is 20.1 Å². The van der Waals surface area contributed by atoms with Gasteiger partial charge in [0.2, 0.25) is 5.91 Å². The largest absolute Gasteiger partial charge is 0.344 e. The first-order valence-electron chi connectivity index (χ1n) is 6.28. The molecule has 18 heavy (non-hydrogen) atoms. The molecule has 1 saturated heterocycles. The average Bonchev–Trinajstić information content (AvgIpc) is 3.14. The molecule has 1 saturated carbocycles. The monoisotopic (exact) mass is 253 g/mol. The fourth-order valence-corrected chi connectivity index (χ4v) is 2.23. The zero-order valence-electron chi connectivity index (χ0n) is 11.0. The van der Waals surface area contributed by atoms with Crippen LogP contribution in [0.2, 0.25) is 0 Å². The third kappa shape index (κ3) is 1.95. The second-order valence-electron chi connectivity index (χ2n) is 5.21. The maximum Gasteiger partial charge on any atom is 0.325 e. The molecular weight excluding hydrogens is 234 g/mol. The molecule has 1 aliphatic carbocycles. The van der Waals surface area contributed by atoms with E-state index in [1.54, 1.807) is 14.0 Å². The van der Waals surface area contributed by atoms with Gasteiger partial charge in [-0.2, -0.15) is 0 Å². The molecule has 100 valence electrons. The highest BCUT2D eigenvalue weighted by molar-refractivity contribution is 6.09. The van der Waals surface area contributed by atoms with Crippen molar-refractivity contribution in [3.63, 3.8) is 0 Å². The van der Waals surface area contributed by atoms with Crippen molar-refractivity contribution >= 4 is 17.8 Å². The Morgan fingerprint density at radius 2 is 2.11 bits per heavy atom. The predicted molar refractivity (Wildman–Crippen MR) is 64.7 cm³/mol. The van der Waals surface area contributed by atoms with Gasteiger partial charge < -0.3 is 10.2 Å². The third-order valence-corrected chi connectivity index (χ3v) is 3.89. The summed E-state index contributed by atoms with van der Waals surface area (Å²) in [7, 11) is 1.65. The lowest BCUT2D eigenvalue weighted by Gasteiger charge is -2.22. The van der Waals surface area contributed by atoms with Gasteiger partial charge >= 0.3 is 6.03 Å². The summed E-state index contributed by atoms with van der Waals surface area (Å²) in [5, 5.41) is 2.72. The van der Waals surface area contributed by atoms with E-state index >= 15 is 0 Å². The Labute approximate surface area is 106 Å². The van der Waals surface area contributed by atoms with E-state index in [4.69, 9.17) is 0 Å². The van der Waals surface area contributed by atoms with E-state index in [9.17, 15) is 14.4 Å². The van der Waals surface area contributed by atoms with Gasteiger partial charge in [-0.15, -0.1) is 0 Å². The number of imide groups is 1. The Bertz CT molecular complexity index is 405. The molecule has 2 aliphatic rings. The first-order valence-corrected chi connectivity index (χ1v) is 6.28. The highest BCUT2D eigenvalue weighted by Crippen LogP contribution is 2.42. The van der Waals surface area contributed by atoms with Crippen LogP contribution < -0.4 is 5.32 Å². The number of carbonyl (C=O) groups excluding carboxylic acids is 3. The number of likely N-dealkylation sites (N-methyl/N-ethyl adjacent to an activating group) is 1. The van der Waals surface area contributed by atoms with Crippen LogP contribution in [-0.4, -0.2) is 53.3 Å². The summed E-state index contributed by atoms with van der Waals surface area (Å²) in [6.45, 7) is 3.98. The second-order valence-corrected chi connectivity index (χ2v) is 5.21. The molecule has 0 aromatic rings. The van der Waals surface area contributed by atoms with Gasteiger partial charge in [-0.05, 0) is 32.6 Å². The van der Waals surface area contributed by atoms with Crippen LogP contribution in [0, 0.1) is 5.92 Å². The molecule has 6 heteroatoms. The van der Waals surface area contributed by atoms with E-state index in [1.807, 2.05) is 6.92 Å². The molecule has 2 fully saturated rings. The van der Waals surface area contributed by atoms with Crippen LogP contribution in [0.3, 0.4) is 0 Å². The standard InChI is InChI=1S/C12H19N3O3/c1-4-14(3)9(16)7-15-10(17)12(2,8-5-6-8)13-11(15)18/h8H,4-7H2,1-3H3,(H,13,18). The third-order valence-electron chi connectivity index (χ3n) is 3.89. The Hall–Kier alpha value is -1.59. The number of nitrogens with zero attached hydrogens (tertiary/aromatic N) is 2. The Kier molecular flexibility index (Phi) is 3.04. The van der Waals surface area contributed by atoms with Gasteiger partial charge in [0.25, 0.3) is 5.91 Å². The fraction of sp³-hybridized carbons (Fsp3) is 0.750. The molecule has 1 N–H and O–H groups in total. The van der Waals surface area contributed by atoms with Gasteiger partial charge in [0.1, 0.15) is 12.1 Å². The molecule has 1 heterocycles. The predicted octanol–water partition coefficient (Wildman–Crippen LogP) is 0.185. The lowest BCUT2D eigenvalue weighted by molar-refractivity contribution is -0.138. The summed E-state index contributed by atoms with van der Waals surface area (Å²) < 4.78 is 0. The van der Waals surface area contributed by atoms with E-state index < -0.39 is 11.6 Å². The molecular formula is C12H19N3O3. The van der Waals surface area contributed by atoms with Crippen LogP contribution in [0.5, 0.6) is 0 Å². The van der Waals surface area contributed by atoms with Crippen LogP contribution in [0.15, 0.2) is 0 Å². The van der Waals surface area contributed by atoms with Crippen LogP contribution >= 0.6 is 0 Å². The normalized spacial score (nSPS) is 27.4. The van der Waals surface area contributed by atoms with E-state index in [0.29, 0.717) is 6.54 Å². The minimum absolute atomic E-state index is 0.169. The summed E-state index contributed by atoms with van der Waals surface area (Å²) in [6.07, 6.45) is 1.92. The minimum Gasteiger partial charge on any atom is -0.344 e. The van der Waals surface area contributed by atoms with Gasteiger partial charge in [-0.25, -0.2) is 4.79 Å². The molecule has 0 aromatic carbocycles. The van der Waals surface area contributed by atoms with Gasteiger partial charge in [-0.3, -0.25) is 14.5 Å². The van der Waals surface area contributed by atoms with Crippen molar-refractivity contribution in [3.8, 4) is 0 Å². The van der Waals surface area contributed by atoms with E-state index in [1.165, 1.54) is 4.90 Å². The summed E-state index contributed by atoms with van der Waals surface area (Å²) in [6, 6.07) is -0.452. The first kappa shape index (κ1) is 12.9. The van der Waals surface area contributed by atoms with Crippen molar-refractivity contribution in [2.24, 2.45) is 5.92 Å². The summed E-state index contributed by atoms with van der Waals surface area (Å²) >= 11 is 0. The van der Waals surface area contributed by atoms with Crippen molar-refractivity contribution in [1.82, 2.24) is 15.1 Å². The van der Waals surface area contributed by atoms with Crippen LogP contribution in [0.4, 0.5) is 4.79 Å². The molecule has 1 unspecified atom stereocenters. The molecule has 1 aliphatic heterocycles. The summed E-state index contributed by atoms with van der Waals surface area (Å²) in [5.41, 5.74) is -0.803. The molecule has 0 aromatic heterocycles. The lowest BCUT2D eigenvalue weighted by Crippen LogP contribution is -2.47. The van der Waals surface area contributed by atoms with Gasteiger partial charge in [0.05, 0.1) is 0 Å². The van der Waals surface area contributed by atoms with Gasteiger partial charge in [0, 0.05) is 13.6 Å².